The molecule has 0 saturated heterocycles. The first kappa shape index (κ1) is 19.2. The molecule has 0 atom stereocenters. The van der Waals surface area contributed by atoms with E-state index in [0.717, 1.165) is 30.6 Å². The highest BCUT2D eigenvalue weighted by Crippen LogP contribution is 2.61. The van der Waals surface area contributed by atoms with Crippen molar-refractivity contribution in [2.24, 2.45) is 17.8 Å². The fourth-order valence-electron chi connectivity index (χ4n) is 7.04. The third-order valence-electron chi connectivity index (χ3n) is 8.00. The molecule has 5 aliphatic rings. The van der Waals surface area contributed by atoms with Crippen LogP contribution in [0.15, 0.2) is 47.4 Å². The summed E-state index contributed by atoms with van der Waals surface area (Å²) < 4.78 is 0.522. The molecule has 5 aliphatic carbocycles. The summed E-state index contributed by atoms with van der Waals surface area (Å²) in [6, 6.07) is 15.1. The van der Waals surface area contributed by atoms with E-state index in [1.807, 2.05) is 18.2 Å². The molecule has 7 rings (SSSR count). The van der Waals surface area contributed by atoms with Gasteiger partial charge in [0.15, 0.2) is 0 Å². The van der Waals surface area contributed by atoms with Gasteiger partial charge in [-0.1, -0.05) is 36.4 Å². The molecular formula is C26H29BO2S. The number of hydrogen-bond donors (Lipinski definition) is 2. The third kappa shape index (κ3) is 3.47. The first-order chi connectivity index (χ1) is 14.6. The van der Waals surface area contributed by atoms with Gasteiger partial charge in [0.25, 0.3) is 0 Å². The van der Waals surface area contributed by atoms with Gasteiger partial charge in [0, 0.05) is 9.64 Å². The van der Waals surface area contributed by atoms with Crippen LogP contribution in [0.1, 0.15) is 61.6 Å². The lowest BCUT2D eigenvalue weighted by molar-refractivity contribution is 0.0383. The average Bonchev–Trinajstić information content (AvgIpc) is 2.72. The van der Waals surface area contributed by atoms with Crippen molar-refractivity contribution in [1.29, 1.82) is 0 Å². The van der Waals surface area contributed by atoms with Crippen LogP contribution < -0.4 is 5.46 Å². The summed E-state index contributed by atoms with van der Waals surface area (Å²) in [7, 11) is -1.39. The van der Waals surface area contributed by atoms with E-state index in [1.165, 1.54) is 65.7 Å². The molecule has 154 valence electrons. The first-order valence-electron chi connectivity index (χ1n) is 11.5. The van der Waals surface area contributed by atoms with Crippen molar-refractivity contribution < 1.29 is 10.0 Å². The Labute approximate surface area is 183 Å². The van der Waals surface area contributed by atoms with Crippen molar-refractivity contribution in [3.63, 3.8) is 0 Å². The number of allylic oxidation sites excluding steroid dienone is 1. The van der Waals surface area contributed by atoms with Crippen LogP contribution in [0.4, 0.5) is 0 Å². The Bertz CT molecular complexity index is 959. The summed E-state index contributed by atoms with van der Waals surface area (Å²) in [4.78, 5) is 1.44. The van der Waals surface area contributed by atoms with Crippen LogP contribution in [-0.4, -0.2) is 21.9 Å². The minimum absolute atomic E-state index is 0.522. The van der Waals surface area contributed by atoms with Crippen LogP contribution >= 0.6 is 11.8 Å². The Morgan fingerprint density at radius 2 is 1.50 bits per heavy atom. The molecule has 0 spiro atoms. The van der Waals surface area contributed by atoms with Crippen LogP contribution in [0.5, 0.6) is 0 Å². The molecular weight excluding hydrogens is 387 g/mol. The molecule has 0 aliphatic heterocycles. The minimum atomic E-state index is -1.39. The van der Waals surface area contributed by atoms with Gasteiger partial charge >= 0.3 is 7.12 Å². The summed E-state index contributed by atoms with van der Waals surface area (Å²) in [5.74, 6) is 3.01. The van der Waals surface area contributed by atoms with Gasteiger partial charge in [0.1, 0.15) is 0 Å². The lowest BCUT2D eigenvalue weighted by atomic mass is 9.56. The molecule has 4 saturated carbocycles. The van der Waals surface area contributed by atoms with Crippen molar-refractivity contribution in [2.45, 2.75) is 61.0 Å². The van der Waals surface area contributed by atoms with Gasteiger partial charge < -0.3 is 10.0 Å². The number of aryl methyl sites for hydroxylation is 1. The Morgan fingerprint density at radius 3 is 2.13 bits per heavy atom. The lowest BCUT2D eigenvalue weighted by Crippen LogP contribution is -2.48. The maximum atomic E-state index is 9.41. The SMILES string of the molecule is OB(O)c1ccc2c(c1)CCC(c1ccc(SC34CC5CC(CC(C5)C3)C4)cc1)=C2. The summed E-state index contributed by atoms with van der Waals surface area (Å²) in [5, 5.41) is 18.8. The zero-order valence-corrected chi connectivity index (χ0v) is 18.2. The molecule has 2 nitrogen and oxygen atoms in total. The van der Waals surface area contributed by atoms with Crippen molar-refractivity contribution >= 4 is 36.0 Å². The topological polar surface area (TPSA) is 40.5 Å². The molecule has 4 heteroatoms. The highest BCUT2D eigenvalue weighted by molar-refractivity contribution is 8.00. The molecule has 0 unspecified atom stereocenters. The molecule has 30 heavy (non-hydrogen) atoms. The van der Waals surface area contributed by atoms with E-state index < -0.39 is 7.12 Å². The Balaban J connectivity index is 1.20. The Hall–Kier alpha value is -1.49. The maximum Gasteiger partial charge on any atom is 0.488 e. The normalized spacial score (nSPS) is 31.4. The van der Waals surface area contributed by atoms with Crippen molar-refractivity contribution in [3.8, 4) is 0 Å². The standard InChI is InChI=1S/C26H29BO2S/c28-27(29)24-6-3-22-12-21(1-2-23(22)13-24)20-4-7-25(8-5-20)30-26-14-17-9-18(15-26)11-19(10-17)16-26/h3-8,12-13,17-19,28-29H,1-2,9-11,14-16H2. The third-order valence-corrected chi connectivity index (χ3v) is 9.44. The first-order valence-corrected chi connectivity index (χ1v) is 12.4. The minimum Gasteiger partial charge on any atom is -0.423 e. The van der Waals surface area contributed by atoms with Crippen LogP contribution in [-0.2, 0) is 6.42 Å². The van der Waals surface area contributed by atoms with E-state index in [2.05, 4.69) is 42.1 Å². The monoisotopic (exact) mass is 416 g/mol. The maximum absolute atomic E-state index is 9.41. The van der Waals surface area contributed by atoms with Crippen molar-refractivity contribution in [1.82, 2.24) is 0 Å². The Kier molecular flexibility index (Phi) is 4.67. The summed E-state index contributed by atoms with van der Waals surface area (Å²) in [5.41, 5.74) is 5.69. The number of benzene rings is 2. The molecule has 0 radical (unpaired) electrons. The second-order valence-electron chi connectivity index (χ2n) is 10.2. The molecule has 0 aromatic heterocycles. The Morgan fingerprint density at radius 1 is 0.833 bits per heavy atom. The van der Waals surface area contributed by atoms with Gasteiger partial charge in [0.05, 0.1) is 0 Å². The van der Waals surface area contributed by atoms with Gasteiger partial charge in [-0.25, -0.2) is 0 Å². The van der Waals surface area contributed by atoms with E-state index in [-0.39, 0.29) is 0 Å². The number of fused-ring (bicyclic) bond motifs is 1. The second kappa shape index (κ2) is 7.29. The molecule has 2 aromatic carbocycles. The van der Waals surface area contributed by atoms with E-state index in [4.69, 9.17) is 0 Å². The summed E-state index contributed by atoms with van der Waals surface area (Å²) >= 11 is 2.18. The van der Waals surface area contributed by atoms with Gasteiger partial charge in [-0.2, -0.15) is 0 Å². The molecule has 2 aromatic rings. The predicted octanol–water partition coefficient (Wildman–Crippen LogP) is 4.91. The van der Waals surface area contributed by atoms with E-state index >= 15 is 0 Å². The lowest BCUT2D eigenvalue weighted by Gasteiger charge is -2.56. The van der Waals surface area contributed by atoms with Gasteiger partial charge in [-0.15, -0.1) is 11.8 Å². The van der Waals surface area contributed by atoms with Crippen molar-refractivity contribution in [2.75, 3.05) is 0 Å². The van der Waals surface area contributed by atoms with Gasteiger partial charge in [0.2, 0.25) is 0 Å². The number of hydrogen-bond acceptors (Lipinski definition) is 3. The molecule has 4 bridgehead atoms. The molecule has 0 amide bonds. The van der Waals surface area contributed by atoms with Gasteiger partial charge in [-0.05, 0) is 109 Å². The second-order valence-corrected chi connectivity index (χ2v) is 11.8. The van der Waals surface area contributed by atoms with E-state index in [9.17, 15) is 10.0 Å². The van der Waals surface area contributed by atoms with Crippen LogP contribution in [0.25, 0.3) is 11.6 Å². The van der Waals surface area contributed by atoms with Crippen molar-refractivity contribution in [3.05, 3.63) is 59.2 Å². The number of thioether (sulfide) groups is 1. The highest BCUT2D eigenvalue weighted by Gasteiger charge is 2.51. The fourth-order valence-corrected chi connectivity index (χ4v) is 8.77. The van der Waals surface area contributed by atoms with Crippen LogP contribution in [0, 0.1) is 17.8 Å². The fraction of sp³-hybridized carbons (Fsp3) is 0.462. The largest absolute Gasteiger partial charge is 0.488 e. The van der Waals surface area contributed by atoms with Crippen LogP contribution in [0.2, 0.25) is 0 Å². The zero-order chi connectivity index (χ0) is 20.3. The summed E-state index contributed by atoms with van der Waals surface area (Å²) in [6.45, 7) is 0. The predicted molar refractivity (Wildman–Crippen MR) is 126 cm³/mol. The molecule has 0 heterocycles. The number of rotatable bonds is 4. The average molecular weight is 416 g/mol. The summed E-state index contributed by atoms with van der Waals surface area (Å²) in [6.07, 6.45) is 13.1. The molecule has 4 fully saturated rings. The van der Waals surface area contributed by atoms with Crippen LogP contribution in [0.3, 0.4) is 0 Å². The smallest absolute Gasteiger partial charge is 0.423 e. The van der Waals surface area contributed by atoms with E-state index in [1.54, 1.807) is 0 Å². The van der Waals surface area contributed by atoms with E-state index in [0.29, 0.717) is 10.2 Å². The zero-order valence-electron chi connectivity index (χ0n) is 17.4. The molecule has 2 N–H and O–H groups in total. The quantitative estimate of drug-likeness (QED) is 0.696. The van der Waals surface area contributed by atoms with Gasteiger partial charge in [-0.3, -0.25) is 0 Å². The highest BCUT2D eigenvalue weighted by atomic mass is 32.2.